The van der Waals surface area contributed by atoms with Gasteiger partial charge in [0.15, 0.2) is 11.5 Å². The zero-order chi connectivity index (χ0) is 20.9. The van der Waals surface area contributed by atoms with E-state index in [4.69, 9.17) is 16.3 Å². The first-order chi connectivity index (χ1) is 13.7. The van der Waals surface area contributed by atoms with Crippen molar-refractivity contribution in [2.45, 2.75) is 52.6 Å². The molecule has 0 unspecified atom stereocenters. The van der Waals surface area contributed by atoms with Crippen LogP contribution in [0.15, 0.2) is 12.1 Å². The minimum absolute atomic E-state index is 0.0239. The molecular weight excluding hydrogens is 408 g/mol. The average molecular weight is 435 g/mol. The summed E-state index contributed by atoms with van der Waals surface area (Å²) in [6.45, 7) is 6.93. The van der Waals surface area contributed by atoms with Crippen LogP contribution in [0.5, 0.6) is 11.5 Å². The summed E-state index contributed by atoms with van der Waals surface area (Å²) in [7, 11) is 1.47. The van der Waals surface area contributed by atoms with E-state index in [1.54, 1.807) is 23.5 Å². The van der Waals surface area contributed by atoms with Crippen LogP contribution in [-0.4, -0.2) is 18.1 Å². The van der Waals surface area contributed by atoms with Crippen LogP contribution >= 0.6 is 22.9 Å². The number of fused-ring (bicyclic) bond motifs is 3. The molecule has 7 heteroatoms. The number of carbonyl (C=O) groups excluding carboxylic acids is 1. The molecule has 0 saturated heterocycles. The number of phenolic OH excluding ortho intramolecular Hbond substituents is 1. The molecule has 1 aliphatic carbocycles. The molecule has 2 atom stereocenters. The minimum Gasteiger partial charge on any atom is -0.504 e. The highest BCUT2D eigenvalue weighted by Gasteiger charge is 2.38. The molecular formula is C22H27ClN2O3S. The van der Waals surface area contributed by atoms with Gasteiger partial charge >= 0.3 is 0 Å². The highest BCUT2D eigenvalue weighted by atomic mass is 35.5. The van der Waals surface area contributed by atoms with Crippen molar-refractivity contribution in [2.75, 3.05) is 12.4 Å². The number of anilines is 1. The smallest absolute Gasteiger partial charge is 0.256 e. The number of ether oxygens (including phenoxy) is 1. The predicted molar refractivity (Wildman–Crippen MR) is 117 cm³/mol. The maximum absolute atomic E-state index is 13.0. The molecule has 1 amide bonds. The summed E-state index contributed by atoms with van der Waals surface area (Å²) in [4.78, 5) is 14.3. The number of methoxy groups -OCH3 is 1. The maximum atomic E-state index is 13.0. The van der Waals surface area contributed by atoms with Gasteiger partial charge < -0.3 is 20.5 Å². The van der Waals surface area contributed by atoms with Crippen molar-refractivity contribution < 1.29 is 14.6 Å². The fraction of sp³-hybridized carbons (Fsp3) is 0.500. The molecule has 156 valence electrons. The zero-order valence-corrected chi connectivity index (χ0v) is 18.8. The van der Waals surface area contributed by atoms with Crippen LogP contribution in [0.1, 0.15) is 66.1 Å². The third-order valence-electron chi connectivity index (χ3n) is 6.66. The summed E-state index contributed by atoms with van der Waals surface area (Å²) in [6.07, 6.45) is 3.65. The summed E-state index contributed by atoms with van der Waals surface area (Å²) in [6, 6.07) is 3.20. The van der Waals surface area contributed by atoms with E-state index in [1.165, 1.54) is 17.6 Å². The number of amides is 1. The van der Waals surface area contributed by atoms with Crippen molar-refractivity contribution >= 4 is 33.8 Å². The molecule has 4 rings (SSSR count). The Morgan fingerprint density at radius 3 is 2.79 bits per heavy atom. The molecule has 0 fully saturated rings. The summed E-state index contributed by atoms with van der Waals surface area (Å²) in [5, 5.41) is 18.2. The number of thiophene rings is 1. The second-order valence-corrected chi connectivity index (χ2v) is 10.1. The maximum Gasteiger partial charge on any atom is 0.256 e. The summed E-state index contributed by atoms with van der Waals surface area (Å²) < 4.78 is 5.20. The van der Waals surface area contributed by atoms with Gasteiger partial charge in [-0.15, -0.1) is 11.3 Å². The van der Waals surface area contributed by atoms with Crippen LogP contribution in [0.25, 0.3) is 0 Å². The van der Waals surface area contributed by atoms with Crippen LogP contribution in [0.4, 0.5) is 5.00 Å². The molecule has 0 saturated carbocycles. The number of nitrogens with one attached hydrogen (secondary N) is 2. The first kappa shape index (κ1) is 20.4. The van der Waals surface area contributed by atoms with Gasteiger partial charge in [-0.1, -0.05) is 38.8 Å². The lowest BCUT2D eigenvalue weighted by atomic mass is 9.69. The molecule has 2 aliphatic rings. The largest absolute Gasteiger partial charge is 0.504 e. The molecule has 1 aromatic carbocycles. The third-order valence-corrected chi connectivity index (χ3v) is 8.06. The second kappa shape index (κ2) is 7.40. The second-order valence-electron chi connectivity index (χ2n) is 8.59. The van der Waals surface area contributed by atoms with Gasteiger partial charge in [-0.2, -0.15) is 0 Å². The topological polar surface area (TPSA) is 70.6 Å². The Hall–Kier alpha value is -1.92. The van der Waals surface area contributed by atoms with Crippen LogP contribution in [0, 0.1) is 11.3 Å². The van der Waals surface area contributed by atoms with Gasteiger partial charge in [0.1, 0.15) is 11.2 Å². The van der Waals surface area contributed by atoms with Crippen LogP contribution in [0.3, 0.4) is 0 Å². The fourth-order valence-corrected chi connectivity index (χ4v) is 5.95. The molecule has 0 radical (unpaired) electrons. The van der Waals surface area contributed by atoms with E-state index >= 15 is 0 Å². The number of benzene rings is 1. The first-order valence-corrected chi connectivity index (χ1v) is 11.2. The number of hydrogen-bond donors (Lipinski definition) is 3. The molecule has 1 aliphatic heterocycles. The fourth-order valence-electron chi connectivity index (χ4n) is 4.38. The van der Waals surface area contributed by atoms with Crippen molar-refractivity contribution in [3.8, 4) is 11.5 Å². The number of halogens is 1. The first-order valence-electron chi connectivity index (χ1n) is 10.0. The Labute approximate surface area is 180 Å². The normalized spacial score (nSPS) is 21.1. The number of carbonyl (C=O) groups is 1. The van der Waals surface area contributed by atoms with E-state index in [1.807, 2.05) is 0 Å². The molecule has 0 spiro atoms. The van der Waals surface area contributed by atoms with Crippen molar-refractivity contribution in [2.24, 2.45) is 11.3 Å². The number of rotatable bonds is 4. The van der Waals surface area contributed by atoms with E-state index in [-0.39, 0.29) is 17.4 Å². The van der Waals surface area contributed by atoms with E-state index < -0.39 is 6.17 Å². The van der Waals surface area contributed by atoms with Gasteiger partial charge in [0.05, 0.1) is 12.7 Å². The Morgan fingerprint density at radius 1 is 1.34 bits per heavy atom. The summed E-state index contributed by atoms with van der Waals surface area (Å²) in [5.74, 6) is 0.779. The molecule has 29 heavy (non-hydrogen) atoms. The van der Waals surface area contributed by atoms with E-state index in [0.29, 0.717) is 21.9 Å². The molecule has 2 aromatic rings. The van der Waals surface area contributed by atoms with E-state index in [0.717, 1.165) is 36.2 Å². The standard InChI is InChI=1S/C22H27ClN2O3S/c1-5-22(2,3)11-6-7-13-16(8-11)29-21-17(13)20(27)24-19(25-21)14-9-12(23)10-15(28-4)18(14)26/h9-11,19,25-26H,5-8H2,1-4H3,(H,24,27)/t11-,19+/m0/s1. The monoisotopic (exact) mass is 434 g/mol. The third kappa shape index (κ3) is 3.46. The van der Waals surface area contributed by atoms with E-state index in [2.05, 4.69) is 31.4 Å². The Balaban J connectivity index is 1.67. The van der Waals surface area contributed by atoms with Gasteiger partial charge in [-0.25, -0.2) is 0 Å². The lowest BCUT2D eigenvalue weighted by molar-refractivity contribution is 0.0934. The van der Waals surface area contributed by atoms with Gasteiger partial charge in [0.25, 0.3) is 5.91 Å². The van der Waals surface area contributed by atoms with Crippen LogP contribution < -0.4 is 15.4 Å². The van der Waals surface area contributed by atoms with Gasteiger partial charge in [-0.05, 0) is 42.2 Å². The minimum atomic E-state index is -0.564. The molecule has 5 nitrogen and oxygen atoms in total. The Bertz CT molecular complexity index is 969. The van der Waals surface area contributed by atoms with Crippen LogP contribution in [-0.2, 0) is 12.8 Å². The number of hydrogen-bond acceptors (Lipinski definition) is 5. The van der Waals surface area contributed by atoms with Gasteiger partial charge in [-0.3, -0.25) is 4.79 Å². The molecule has 3 N–H and O–H groups in total. The van der Waals surface area contributed by atoms with Crippen molar-refractivity contribution in [1.29, 1.82) is 0 Å². The Kier molecular flexibility index (Phi) is 5.20. The predicted octanol–water partition coefficient (Wildman–Crippen LogP) is 5.51. The van der Waals surface area contributed by atoms with Crippen LogP contribution in [0.2, 0.25) is 5.02 Å². The number of phenols is 1. The van der Waals surface area contributed by atoms with Gasteiger partial charge in [0.2, 0.25) is 0 Å². The van der Waals surface area contributed by atoms with Crippen molar-refractivity contribution in [1.82, 2.24) is 5.32 Å². The SMILES string of the molecule is CCC(C)(C)[C@H]1CCc2c(sc3c2C(=O)N[C@@H](c2cc(Cl)cc(OC)c2O)N3)C1. The summed E-state index contributed by atoms with van der Waals surface area (Å²) >= 11 is 7.86. The lowest BCUT2D eigenvalue weighted by Gasteiger charge is -2.36. The highest BCUT2D eigenvalue weighted by Crippen LogP contribution is 2.48. The Morgan fingerprint density at radius 2 is 2.10 bits per heavy atom. The molecule has 2 heterocycles. The molecule has 1 aromatic heterocycles. The lowest BCUT2D eigenvalue weighted by Crippen LogP contribution is -2.38. The molecule has 0 bridgehead atoms. The quantitative estimate of drug-likeness (QED) is 0.593. The van der Waals surface area contributed by atoms with Crippen molar-refractivity contribution in [3.05, 3.63) is 38.7 Å². The number of aromatic hydroxyl groups is 1. The van der Waals surface area contributed by atoms with E-state index in [9.17, 15) is 9.90 Å². The highest BCUT2D eigenvalue weighted by molar-refractivity contribution is 7.16. The summed E-state index contributed by atoms with van der Waals surface area (Å²) in [5.41, 5.74) is 2.74. The zero-order valence-electron chi connectivity index (χ0n) is 17.2. The van der Waals surface area contributed by atoms with Gasteiger partial charge in [0, 0.05) is 21.5 Å². The van der Waals surface area contributed by atoms with Crippen molar-refractivity contribution in [3.63, 3.8) is 0 Å². The average Bonchev–Trinajstić information content (AvgIpc) is 3.07.